The molecular formula is C21H19F3N2O4. The van der Waals surface area contributed by atoms with E-state index in [0.717, 1.165) is 30.3 Å². The van der Waals surface area contributed by atoms with Crippen LogP contribution in [0.1, 0.15) is 21.5 Å². The molecule has 0 aliphatic carbocycles. The number of piperazine rings is 1. The number of rotatable bonds is 3. The van der Waals surface area contributed by atoms with Crippen LogP contribution in [-0.2, 0) is 11.0 Å². The van der Waals surface area contributed by atoms with Crippen LogP contribution in [-0.4, -0.2) is 58.0 Å². The Labute approximate surface area is 170 Å². The van der Waals surface area contributed by atoms with Gasteiger partial charge in [-0.15, -0.1) is 0 Å². The first kappa shape index (κ1) is 21.2. The predicted molar refractivity (Wildman–Crippen MR) is 103 cm³/mol. The molecule has 1 aliphatic rings. The van der Waals surface area contributed by atoms with Gasteiger partial charge in [-0.1, -0.05) is 0 Å². The predicted octanol–water partition coefficient (Wildman–Crippen LogP) is 3.11. The number of alkyl halides is 3. The summed E-state index contributed by atoms with van der Waals surface area (Å²) in [4.78, 5) is 27.8. The average molecular weight is 420 g/mol. The Kier molecular flexibility index (Phi) is 6.00. The van der Waals surface area contributed by atoms with E-state index in [2.05, 4.69) is 0 Å². The fourth-order valence-electron chi connectivity index (χ4n) is 3.05. The zero-order valence-corrected chi connectivity index (χ0v) is 15.8. The minimum absolute atomic E-state index is 0.0928. The Morgan fingerprint density at radius 3 is 2.07 bits per heavy atom. The lowest BCUT2D eigenvalue weighted by Crippen LogP contribution is -2.50. The second-order valence-corrected chi connectivity index (χ2v) is 6.77. The summed E-state index contributed by atoms with van der Waals surface area (Å²) < 4.78 is 37.9. The van der Waals surface area contributed by atoms with Crippen LogP contribution in [0.4, 0.5) is 13.2 Å². The van der Waals surface area contributed by atoms with E-state index in [4.69, 9.17) is 0 Å². The standard InChI is InChI=1S/C21H19F3N2O4/c22-21(23,24)16-5-1-15(2-6-16)20(30)26-11-9-25(10-12-26)19(29)8-4-14-3-7-17(27)13-18(14)28/h1-8,13,27-28H,9-12H2/b8-4+. The summed E-state index contributed by atoms with van der Waals surface area (Å²) in [5.41, 5.74) is -0.288. The van der Waals surface area contributed by atoms with E-state index in [9.17, 15) is 33.0 Å². The van der Waals surface area contributed by atoms with Crippen molar-refractivity contribution in [2.75, 3.05) is 26.2 Å². The topological polar surface area (TPSA) is 81.1 Å². The van der Waals surface area contributed by atoms with E-state index in [1.807, 2.05) is 0 Å². The number of nitrogens with zero attached hydrogens (tertiary/aromatic N) is 2. The number of amides is 2. The van der Waals surface area contributed by atoms with Crippen LogP contribution in [0.2, 0.25) is 0 Å². The monoisotopic (exact) mass is 420 g/mol. The van der Waals surface area contributed by atoms with Crippen LogP contribution in [0.25, 0.3) is 6.08 Å². The first-order valence-corrected chi connectivity index (χ1v) is 9.10. The summed E-state index contributed by atoms with van der Waals surface area (Å²) in [7, 11) is 0. The largest absolute Gasteiger partial charge is 0.508 e. The maximum atomic E-state index is 12.6. The lowest BCUT2D eigenvalue weighted by Gasteiger charge is -2.34. The van der Waals surface area contributed by atoms with Crippen molar-refractivity contribution in [3.63, 3.8) is 0 Å². The molecule has 2 amide bonds. The SMILES string of the molecule is O=C(/C=C/c1ccc(O)cc1O)N1CCN(C(=O)c2ccc(C(F)(F)F)cc2)CC1. The van der Waals surface area contributed by atoms with Crippen LogP contribution in [0.5, 0.6) is 11.5 Å². The second-order valence-electron chi connectivity index (χ2n) is 6.77. The van der Waals surface area contributed by atoms with E-state index in [1.165, 1.54) is 34.1 Å². The fraction of sp³-hybridized carbons (Fsp3) is 0.238. The first-order chi connectivity index (χ1) is 14.1. The van der Waals surface area contributed by atoms with Crippen LogP contribution >= 0.6 is 0 Å². The van der Waals surface area contributed by atoms with Gasteiger partial charge in [0.2, 0.25) is 5.91 Å². The molecule has 6 nitrogen and oxygen atoms in total. The van der Waals surface area contributed by atoms with Crippen LogP contribution in [0.15, 0.2) is 48.5 Å². The van der Waals surface area contributed by atoms with Crippen molar-refractivity contribution in [2.24, 2.45) is 0 Å². The Morgan fingerprint density at radius 1 is 0.900 bits per heavy atom. The number of hydrogen-bond acceptors (Lipinski definition) is 4. The van der Waals surface area contributed by atoms with Gasteiger partial charge in [0.05, 0.1) is 5.56 Å². The molecule has 0 radical (unpaired) electrons. The van der Waals surface area contributed by atoms with Gasteiger partial charge in [0.15, 0.2) is 0 Å². The second kappa shape index (κ2) is 8.48. The molecule has 0 spiro atoms. The molecule has 0 aromatic heterocycles. The normalized spacial score (nSPS) is 14.9. The Bertz CT molecular complexity index is 963. The van der Waals surface area contributed by atoms with Gasteiger partial charge in [-0.3, -0.25) is 9.59 Å². The molecule has 0 atom stereocenters. The highest BCUT2D eigenvalue weighted by Gasteiger charge is 2.31. The van der Waals surface area contributed by atoms with Crippen molar-refractivity contribution in [1.82, 2.24) is 9.80 Å². The van der Waals surface area contributed by atoms with Crippen molar-refractivity contribution in [2.45, 2.75) is 6.18 Å². The van der Waals surface area contributed by atoms with Crippen molar-refractivity contribution in [1.29, 1.82) is 0 Å². The molecule has 30 heavy (non-hydrogen) atoms. The van der Waals surface area contributed by atoms with Gasteiger partial charge in [0.25, 0.3) is 5.91 Å². The van der Waals surface area contributed by atoms with Gasteiger partial charge in [-0.05, 0) is 42.5 Å². The zero-order valence-electron chi connectivity index (χ0n) is 15.8. The maximum absolute atomic E-state index is 12.6. The van der Waals surface area contributed by atoms with Crippen molar-refractivity contribution in [3.05, 3.63) is 65.2 Å². The summed E-state index contributed by atoms with van der Waals surface area (Å²) in [6.07, 6.45) is -1.74. The van der Waals surface area contributed by atoms with E-state index < -0.39 is 11.7 Å². The number of halogens is 3. The van der Waals surface area contributed by atoms with E-state index in [0.29, 0.717) is 5.56 Å². The molecule has 0 unspecified atom stereocenters. The van der Waals surface area contributed by atoms with Gasteiger partial charge in [0.1, 0.15) is 11.5 Å². The van der Waals surface area contributed by atoms with Gasteiger partial charge in [0, 0.05) is 49.4 Å². The molecule has 2 aromatic carbocycles. The number of phenolic OH excluding ortho intramolecular Hbond substituents is 2. The lowest BCUT2D eigenvalue weighted by molar-refractivity contribution is -0.137. The van der Waals surface area contributed by atoms with E-state index in [1.54, 1.807) is 0 Å². The first-order valence-electron chi connectivity index (χ1n) is 9.10. The summed E-state index contributed by atoms with van der Waals surface area (Å²) >= 11 is 0. The third-order valence-corrected chi connectivity index (χ3v) is 4.76. The molecule has 2 aromatic rings. The molecule has 158 valence electrons. The zero-order chi connectivity index (χ0) is 21.9. The molecule has 2 N–H and O–H groups in total. The van der Waals surface area contributed by atoms with E-state index in [-0.39, 0.29) is 55.1 Å². The van der Waals surface area contributed by atoms with E-state index >= 15 is 0 Å². The number of aromatic hydroxyl groups is 2. The smallest absolute Gasteiger partial charge is 0.416 e. The highest BCUT2D eigenvalue weighted by molar-refractivity contribution is 5.95. The van der Waals surface area contributed by atoms with Crippen molar-refractivity contribution >= 4 is 17.9 Å². The van der Waals surface area contributed by atoms with Crippen molar-refractivity contribution < 1.29 is 33.0 Å². The van der Waals surface area contributed by atoms with Crippen LogP contribution < -0.4 is 0 Å². The third-order valence-electron chi connectivity index (χ3n) is 4.76. The molecule has 1 aliphatic heterocycles. The van der Waals surface area contributed by atoms with Gasteiger partial charge >= 0.3 is 6.18 Å². The number of carbonyl (C=O) groups excluding carboxylic acids is 2. The number of benzene rings is 2. The van der Waals surface area contributed by atoms with Crippen molar-refractivity contribution in [3.8, 4) is 11.5 Å². The molecule has 1 saturated heterocycles. The number of carbonyl (C=O) groups is 2. The minimum Gasteiger partial charge on any atom is -0.508 e. The molecule has 3 rings (SSSR count). The van der Waals surface area contributed by atoms with Gasteiger partial charge < -0.3 is 20.0 Å². The molecular weight excluding hydrogens is 401 g/mol. The van der Waals surface area contributed by atoms with Gasteiger partial charge in [-0.25, -0.2) is 0 Å². The average Bonchev–Trinajstić information content (AvgIpc) is 2.72. The van der Waals surface area contributed by atoms with Crippen LogP contribution in [0, 0.1) is 0 Å². The minimum atomic E-state index is -4.46. The third kappa shape index (κ3) is 4.91. The Morgan fingerprint density at radius 2 is 1.50 bits per heavy atom. The fourth-order valence-corrected chi connectivity index (χ4v) is 3.05. The number of phenols is 2. The highest BCUT2D eigenvalue weighted by Crippen LogP contribution is 2.29. The maximum Gasteiger partial charge on any atom is 0.416 e. The summed E-state index contributed by atoms with van der Waals surface area (Å²) in [5.74, 6) is -0.944. The molecule has 0 bridgehead atoms. The Balaban J connectivity index is 1.56. The highest BCUT2D eigenvalue weighted by atomic mass is 19.4. The summed E-state index contributed by atoms with van der Waals surface area (Å²) in [5, 5.41) is 19.0. The molecule has 1 fully saturated rings. The van der Waals surface area contributed by atoms with Gasteiger partial charge in [-0.2, -0.15) is 13.2 Å². The summed E-state index contributed by atoms with van der Waals surface area (Å²) in [6, 6.07) is 8.05. The molecule has 9 heteroatoms. The molecule has 1 heterocycles. The van der Waals surface area contributed by atoms with Crippen LogP contribution in [0.3, 0.4) is 0 Å². The summed E-state index contributed by atoms with van der Waals surface area (Å²) in [6.45, 7) is 1.06. The molecule has 0 saturated carbocycles. The lowest BCUT2D eigenvalue weighted by atomic mass is 10.1. The Hall–Kier alpha value is -3.49. The quantitative estimate of drug-likeness (QED) is 0.748. The number of hydrogen-bond donors (Lipinski definition) is 2.